The number of allylic oxidation sites excluding steroid dienone is 1. The number of carbonyl (C=O) groups is 1. The van der Waals surface area contributed by atoms with Gasteiger partial charge in [0.15, 0.2) is 5.76 Å². The number of benzene rings is 1. The molecule has 154 valence electrons. The van der Waals surface area contributed by atoms with E-state index >= 15 is 0 Å². The summed E-state index contributed by atoms with van der Waals surface area (Å²) in [5, 5.41) is 9.23. The third kappa shape index (κ3) is 4.67. The number of hydrogen-bond acceptors (Lipinski definition) is 4. The fraction of sp³-hybridized carbons (Fsp3) is 0.550. The molecule has 1 saturated heterocycles. The molecule has 2 aliphatic rings. The summed E-state index contributed by atoms with van der Waals surface area (Å²) in [5.74, 6) is -0.643. The molecule has 0 saturated carbocycles. The maximum atomic E-state index is 12.9. The van der Waals surface area contributed by atoms with E-state index in [9.17, 15) is 23.1 Å². The number of amides is 1. The van der Waals surface area contributed by atoms with E-state index < -0.39 is 18.0 Å². The first-order chi connectivity index (χ1) is 13.3. The number of aliphatic hydroxyl groups excluding tert-OH is 1. The summed E-state index contributed by atoms with van der Waals surface area (Å²) in [6.07, 6.45) is -2.38. The lowest BCUT2D eigenvalue weighted by Gasteiger charge is -2.37. The van der Waals surface area contributed by atoms with Gasteiger partial charge in [-0.3, -0.25) is 4.79 Å². The average Bonchev–Trinajstić information content (AvgIpc) is 3.51. The smallest absolute Gasteiger partial charge is 0.416 e. The first-order valence-electron chi connectivity index (χ1n) is 9.42. The van der Waals surface area contributed by atoms with Crippen molar-refractivity contribution in [3.8, 4) is 0 Å². The zero-order chi connectivity index (χ0) is 20.3. The Hall–Kier alpha value is -2.06. The molecule has 1 amide bonds. The highest BCUT2D eigenvalue weighted by atomic mass is 19.4. The largest absolute Gasteiger partial charge is 0.459 e. The molecular weight excluding hydrogens is 375 g/mol. The van der Waals surface area contributed by atoms with Crippen LogP contribution in [-0.2, 0) is 20.4 Å². The van der Waals surface area contributed by atoms with E-state index in [1.54, 1.807) is 11.0 Å². The molecule has 0 aromatic heterocycles. The van der Waals surface area contributed by atoms with E-state index in [4.69, 9.17) is 9.47 Å². The summed E-state index contributed by atoms with van der Waals surface area (Å²) in [6, 6.07) is 4.96. The predicted octanol–water partition coefficient (Wildman–Crippen LogP) is 3.30. The Labute approximate surface area is 161 Å². The highest BCUT2D eigenvalue weighted by molar-refractivity contribution is 5.93. The van der Waals surface area contributed by atoms with Gasteiger partial charge < -0.3 is 19.5 Å². The Bertz CT molecular complexity index is 713. The third-order valence-corrected chi connectivity index (χ3v) is 4.98. The third-order valence-electron chi connectivity index (χ3n) is 4.98. The fourth-order valence-corrected chi connectivity index (χ4v) is 3.44. The molecule has 0 radical (unpaired) electrons. The molecule has 0 spiro atoms. The maximum absolute atomic E-state index is 12.9. The summed E-state index contributed by atoms with van der Waals surface area (Å²) in [5.41, 5.74) is -0.0685. The number of carbonyl (C=O) groups excluding carboxylic acids is 1. The maximum Gasteiger partial charge on any atom is 0.416 e. The lowest BCUT2D eigenvalue weighted by Crippen LogP contribution is -2.37. The lowest BCUT2D eigenvalue weighted by molar-refractivity contribution is -0.168. The van der Waals surface area contributed by atoms with Crippen molar-refractivity contribution in [3.63, 3.8) is 0 Å². The highest BCUT2D eigenvalue weighted by Gasteiger charge is 2.40. The predicted molar refractivity (Wildman–Crippen MR) is 95.2 cm³/mol. The Morgan fingerprint density at radius 1 is 1.29 bits per heavy atom. The molecule has 2 aliphatic heterocycles. The molecule has 2 heterocycles. The van der Waals surface area contributed by atoms with Crippen molar-refractivity contribution in [1.29, 1.82) is 0 Å². The molecule has 1 aromatic rings. The standard InChI is InChI=1S/C20H24F3NO4/c1-2-27-19-15(4-3-11-25)16(12-17(28-19)18(26)24-9-10-24)13-5-7-14(8-6-13)20(21,22)23/h5-8,12,15-16,19,25H,2-4,9-11H2,1H3/t15-,16-,19-/m1/s1. The van der Waals surface area contributed by atoms with E-state index in [1.165, 1.54) is 12.1 Å². The van der Waals surface area contributed by atoms with Gasteiger partial charge in [0.1, 0.15) is 0 Å². The molecule has 1 aromatic carbocycles. The van der Waals surface area contributed by atoms with Crippen molar-refractivity contribution < 1.29 is 32.5 Å². The van der Waals surface area contributed by atoms with Crippen molar-refractivity contribution in [2.75, 3.05) is 26.3 Å². The van der Waals surface area contributed by atoms with Gasteiger partial charge in [0.05, 0.1) is 5.56 Å². The zero-order valence-electron chi connectivity index (χ0n) is 15.6. The summed E-state index contributed by atoms with van der Waals surface area (Å²) in [7, 11) is 0. The highest BCUT2D eigenvalue weighted by Crippen LogP contribution is 2.41. The number of ether oxygens (including phenoxy) is 2. The van der Waals surface area contributed by atoms with Crippen LogP contribution in [0.1, 0.15) is 36.8 Å². The molecule has 3 rings (SSSR count). The summed E-state index contributed by atoms with van der Waals surface area (Å²) >= 11 is 0. The van der Waals surface area contributed by atoms with Crippen LogP contribution >= 0.6 is 0 Å². The number of nitrogens with zero attached hydrogens (tertiary/aromatic N) is 1. The van der Waals surface area contributed by atoms with Gasteiger partial charge in [-0.15, -0.1) is 0 Å². The van der Waals surface area contributed by atoms with Crippen LogP contribution in [0.4, 0.5) is 13.2 Å². The molecule has 1 fully saturated rings. The molecule has 3 atom stereocenters. The average molecular weight is 399 g/mol. The van der Waals surface area contributed by atoms with Crippen molar-refractivity contribution in [3.05, 3.63) is 47.2 Å². The van der Waals surface area contributed by atoms with Crippen LogP contribution < -0.4 is 0 Å². The number of halogens is 3. The first-order valence-corrected chi connectivity index (χ1v) is 9.42. The Morgan fingerprint density at radius 2 is 1.96 bits per heavy atom. The Balaban J connectivity index is 1.95. The van der Waals surface area contributed by atoms with Crippen molar-refractivity contribution in [2.24, 2.45) is 5.92 Å². The fourth-order valence-electron chi connectivity index (χ4n) is 3.44. The van der Waals surface area contributed by atoms with E-state index in [2.05, 4.69) is 0 Å². The SMILES string of the molecule is CCO[C@@H]1OC(C(=O)N2CC2)=C[C@H](c2ccc(C(F)(F)F)cc2)[C@H]1CCCO. The number of aliphatic hydroxyl groups is 1. The second kappa shape index (κ2) is 8.53. The zero-order valence-corrected chi connectivity index (χ0v) is 15.6. The van der Waals surface area contributed by atoms with Gasteiger partial charge in [-0.1, -0.05) is 12.1 Å². The number of rotatable bonds is 7. The Morgan fingerprint density at radius 3 is 2.50 bits per heavy atom. The Kier molecular flexibility index (Phi) is 6.30. The second-order valence-electron chi connectivity index (χ2n) is 6.94. The minimum atomic E-state index is -4.41. The topological polar surface area (TPSA) is 58.8 Å². The van der Waals surface area contributed by atoms with Gasteiger partial charge in [-0.2, -0.15) is 13.2 Å². The molecule has 0 unspecified atom stereocenters. The van der Waals surface area contributed by atoms with Crippen LogP contribution in [-0.4, -0.2) is 48.5 Å². The molecule has 8 heteroatoms. The van der Waals surface area contributed by atoms with Crippen molar-refractivity contribution >= 4 is 5.91 Å². The van der Waals surface area contributed by atoms with Crippen LogP contribution in [0, 0.1) is 5.92 Å². The van der Waals surface area contributed by atoms with E-state index in [1.807, 2.05) is 6.92 Å². The van der Waals surface area contributed by atoms with Crippen molar-refractivity contribution in [2.45, 2.75) is 38.1 Å². The molecule has 0 bridgehead atoms. The van der Waals surface area contributed by atoms with E-state index in [-0.39, 0.29) is 30.1 Å². The summed E-state index contributed by atoms with van der Waals surface area (Å²) in [4.78, 5) is 14.1. The second-order valence-corrected chi connectivity index (χ2v) is 6.94. The molecule has 28 heavy (non-hydrogen) atoms. The van der Waals surface area contributed by atoms with Crippen LogP contribution in [0.3, 0.4) is 0 Å². The molecule has 0 aliphatic carbocycles. The van der Waals surface area contributed by atoms with Gasteiger partial charge in [0.25, 0.3) is 5.91 Å². The number of hydrogen-bond donors (Lipinski definition) is 1. The molecular formula is C20H24F3NO4. The van der Waals surface area contributed by atoms with Crippen LogP contribution in [0.5, 0.6) is 0 Å². The molecule has 1 N–H and O–H groups in total. The normalized spacial score (nSPS) is 24.5. The van der Waals surface area contributed by atoms with Crippen LogP contribution in [0.25, 0.3) is 0 Å². The first kappa shape index (κ1) is 20.7. The van der Waals surface area contributed by atoms with Gasteiger partial charge >= 0.3 is 6.18 Å². The minimum Gasteiger partial charge on any atom is -0.459 e. The van der Waals surface area contributed by atoms with Gasteiger partial charge in [-0.25, -0.2) is 0 Å². The number of alkyl halides is 3. The van der Waals surface area contributed by atoms with E-state index in [0.29, 0.717) is 38.1 Å². The van der Waals surface area contributed by atoms with Gasteiger partial charge in [-0.05, 0) is 43.5 Å². The van der Waals surface area contributed by atoms with Crippen molar-refractivity contribution in [1.82, 2.24) is 4.90 Å². The molecule has 5 nitrogen and oxygen atoms in total. The van der Waals surface area contributed by atoms with E-state index in [0.717, 1.165) is 12.1 Å². The monoisotopic (exact) mass is 399 g/mol. The van der Waals surface area contributed by atoms with Crippen LogP contribution in [0.15, 0.2) is 36.1 Å². The lowest BCUT2D eigenvalue weighted by atomic mass is 9.80. The van der Waals surface area contributed by atoms with Gasteiger partial charge in [0.2, 0.25) is 6.29 Å². The summed E-state index contributed by atoms with van der Waals surface area (Å²) in [6.45, 7) is 3.49. The minimum absolute atomic E-state index is 0.0155. The quantitative estimate of drug-likeness (QED) is 0.715. The summed E-state index contributed by atoms with van der Waals surface area (Å²) < 4.78 is 50.2. The van der Waals surface area contributed by atoms with Crippen LogP contribution in [0.2, 0.25) is 0 Å². The van der Waals surface area contributed by atoms with Gasteiger partial charge in [0, 0.05) is 38.1 Å².